The van der Waals surface area contributed by atoms with Crippen LogP contribution >= 0.6 is 11.8 Å². The van der Waals surface area contributed by atoms with Crippen molar-refractivity contribution in [3.8, 4) is 0 Å². The van der Waals surface area contributed by atoms with E-state index in [1.54, 1.807) is 13.2 Å². The summed E-state index contributed by atoms with van der Waals surface area (Å²) in [6, 6.07) is 2.55. The molecule has 0 atom stereocenters. The molecule has 82 valence electrons. The molecule has 1 rings (SSSR count). The molecule has 15 heavy (non-hydrogen) atoms. The lowest BCUT2D eigenvalue weighted by atomic mass is 10.2. The van der Waals surface area contributed by atoms with Crippen molar-refractivity contribution in [3.63, 3.8) is 0 Å². The first-order chi connectivity index (χ1) is 7.10. The molecule has 0 saturated carbocycles. The van der Waals surface area contributed by atoms with Crippen LogP contribution < -0.4 is 5.73 Å². The lowest BCUT2D eigenvalue weighted by molar-refractivity contribution is 0.0527. The zero-order valence-electron chi connectivity index (χ0n) is 8.54. The van der Waals surface area contributed by atoms with Crippen molar-refractivity contribution >= 4 is 23.4 Å². The number of hydrogen-bond acceptors (Lipinski definition) is 4. The maximum atomic E-state index is 13.2. The Balaban J connectivity index is 3.12. The highest BCUT2D eigenvalue weighted by molar-refractivity contribution is 7.98. The van der Waals surface area contributed by atoms with Gasteiger partial charge in [-0.05, 0) is 25.3 Å². The van der Waals surface area contributed by atoms with Crippen molar-refractivity contribution in [2.45, 2.75) is 11.8 Å². The number of anilines is 1. The molecule has 0 unspecified atom stereocenters. The Hall–Kier alpha value is -1.23. The van der Waals surface area contributed by atoms with Gasteiger partial charge in [0, 0.05) is 10.6 Å². The number of halogens is 1. The number of nitrogen functional groups attached to an aromatic ring is 1. The molecule has 3 nitrogen and oxygen atoms in total. The highest BCUT2D eigenvalue weighted by Crippen LogP contribution is 2.25. The van der Waals surface area contributed by atoms with Gasteiger partial charge in [0.25, 0.3) is 0 Å². The zero-order valence-corrected chi connectivity index (χ0v) is 9.36. The number of carbonyl (C=O) groups is 1. The maximum Gasteiger partial charge on any atom is 0.340 e. The average Bonchev–Trinajstić information content (AvgIpc) is 2.18. The first-order valence-corrected chi connectivity index (χ1v) is 5.62. The summed E-state index contributed by atoms with van der Waals surface area (Å²) in [5.74, 6) is -0.946. The van der Waals surface area contributed by atoms with Crippen LogP contribution in [0.3, 0.4) is 0 Å². The van der Waals surface area contributed by atoms with Gasteiger partial charge < -0.3 is 10.5 Å². The number of carbonyl (C=O) groups excluding carboxylic acids is 1. The summed E-state index contributed by atoms with van der Waals surface area (Å²) in [7, 11) is 0. The number of esters is 1. The third-order valence-electron chi connectivity index (χ3n) is 1.82. The molecule has 0 aliphatic heterocycles. The summed E-state index contributed by atoms with van der Waals surface area (Å²) < 4.78 is 18.0. The molecule has 0 spiro atoms. The van der Waals surface area contributed by atoms with E-state index in [-0.39, 0.29) is 17.9 Å². The quantitative estimate of drug-likeness (QED) is 0.491. The highest BCUT2D eigenvalue weighted by atomic mass is 32.2. The normalized spacial score (nSPS) is 10.1. The van der Waals surface area contributed by atoms with Crippen LogP contribution in [0.5, 0.6) is 0 Å². The van der Waals surface area contributed by atoms with Gasteiger partial charge in [-0.2, -0.15) is 0 Å². The van der Waals surface area contributed by atoms with Crippen LogP contribution in [0.2, 0.25) is 0 Å². The summed E-state index contributed by atoms with van der Waals surface area (Å²) >= 11 is 1.22. The van der Waals surface area contributed by atoms with E-state index in [4.69, 9.17) is 10.5 Å². The molecule has 0 radical (unpaired) electrons. The summed E-state index contributed by atoms with van der Waals surface area (Å²) in [4.78, 5) is 11.8. The topological polar surface area (TPSA) is 52.3 Å². The van der Waals surface area contributed by atoms with Gasteiger partial charge in [-0.3, -0.25) is 0 Å². The van der Waals surface area contributed by atoms with Gasteiger partial charge in [0.05, 0.1) is 12.2 Å². The molecule has 1 aromatic carbocycles. The standard InChI is InChI=1S/C10H12FNO2S/c1-3-14-10(13)6-4-9(15-2)7(11)5-8(6)12/h4-5H,3,12H2,1-2H3. The number of ether oxygens (including phenoxy) is 1. The minimum atomic E-state index is -0.523. The van der Waals surface area contributed by atoms with E-state index >= 15 is 0 Å². The molecule has 0 saturated heterocycles. The predicted octanol–water partition coefficient (Wildman–Crippen LogP) is 2.31. The van der Waals surface area contributed by atoms with Gasteiger partial charge in [0.1, 0.15) is 5.82 Å². The molecule has 0 aromatic heterocycles. The molecule has 0 aliphatic carbocycles. The Bertz CT molecular complexity index is 382. The Kier molecular flexibility index (Phi) is 3.96. The van der Waals surface area contributed by atoms with E-state index in [9.17, 15) is 9.18 Å². The molecule has 0 fully saturated rings. The van der Waals surface area contributed by atoms with E-state index in [0.717, 1.165) is 6.07 Å². The van der Waals surface area contributed by atoms with Crippen LogP contribution in [0.15, 0.2) is 17.0 Å². The van der Waals surface area contributed by atoms with Gasteiger partial charge in [0.2, 0.25) is 0 Å². The minimum absolute atomic E-state index is 0.101. The van der Waals surface area contributed by atoms with Crippen LogP contribution in [0.1, 0.15) is 17.3 Å². The second-order valence-electron chi connectivity index (χ2n) is 2.79. The van der Waals surface area contributed by atoms with E-state index in [1.807, 2.05) is 0 Å². The molecule has 5 heteroatoms. The van der Waals surface area contributed by atoms with Crippen molar-refractivity contribution in [2.24, 2.45) is 0 Å². The maximum absolute atomic E-state index is 13.2. The number of thioether (sulfide) groups is 1. The molecular formula is C10H12FNO2S. The second kappa shape index (κ2) is 5.02. The smallest absolute Gasteiger partial charge is 0.340 e. The number of rotatable bonds is 3. The second-order valence-corrected chi connectivity index (χ2v) is 3.64. The van der Waals surface area contributed by atoms with E-state index < -0.39 is 11.8 Å². The molecule has 1 aromatic rings. The molecule has 2 N–H and O–H groups in total. The highest BCUT2D eigenvalue weighted by Gasteiger charge is 2.14. The first kappa shape index (κ1) is 11.8. The fourth-order valence-electron chi connectivity index (χ4n) is 1.11. The Labute approximate surface area is 91.8 Å². The lowest BCUT2D eigenvalue weighted by Crippen LogP contribution is -2.08. The fraction of sp³-hybridized carbons (Fsp3) is 0.300. The monoisotopic (exact) mass is 229 g/mol. The third kappa shape index (κ3) is 2.62. The first-order valence-electron chi connectivity index (χ1n) is 4.40. The molecular weight excluding hydrogens is 217 g/mol. The van der Waals surface area contributed by atoms with Gasteiger partial charge >= 0.3 is 5.97 Å². The fourth-order valence-corrected chi connectivity index (χ4v) is 1.60. The molecule has 0 aliphatic rings. The Morgan fingerprint density at radius 1 is 1.60 bits per heavy atom. The van der Waals surface area contributed by atoms with Crippen molar-refractivity contribution < 1.29 is 13.9 Å². The van der Waals surface area contributed by atoms with E-state index in [0.29, 0.717) is 4.90 Å². The summed E-state index contributed by atoms with van der Waals surface area (Å²) in [6.07, 6.45) is 1.73. The van der Waals surface area contributed by atoms with Gasteiger partial charge in [-0.1, -0.05) is 0 Å². The average molecular weight is 229 g/mol. The Morgan fingerprint density at radius 2 is 2.27 bits per heavy atom. The van der Waals surface area contributed by atoms with Gasteiger partial charge in [0.15, 0.2) is 0 Å². The molecule has 0 heterocycles. The van der Waals surface area contributed by atoms with Crippen LogP contribution in [0.25, 0.3) is 0 Å². The van der Waals surface area contributed by atoms with Crippen molar-refractivity contribution in [3.05, 3.63) is 23.5 Å². The van der Waals surface area contributed by atoms with Crippen LogP contribution in [0, 0.1) is 5.82 Å². The van der Waals surface area contributed by atoms with Crippen molar-refractivity contribution in [1.29, 1.82) is 0 Å². The Morgan fingerprint density at radius 3 is 2.80 bits per heavy atom. The third-order valence-corrected chi connectivity index (χ3v) is 2.57. The van der Waals surface area contributed by atoms with Gasteiger partial charge in [-0.15, -0.1) is 11.8 Å². The van der Waals surface area contributed by atoms with Crippen LogP contribution in [-0.4, -0.2) is 18.8 Å². The predicted molar refractivity (Wildman–Crippen MR) is 58.5 cm³/mol. The minimum Gasteiger partial charge on any atom is -0.462 e. The van der Waals surface area contributed by atoms with Gasteiger partial charge in [-0.25, -0.2) is 9.18 Å². The van der Waals surface area contributed by atoms with Crippen LogP contribution in [0.4, 0.5) is 10.1 Å². The van der Waals surface area contributed by atoms with E-state index in [2.05, 4.69) is 0 Å². The number of benzene rings is 1. The molecule has 0 amide bonds. The summed E-state index contributed by atoms with van der Waals surface area (Å²) in [6.45, 7) is 1.97. The zero-order chi connectivity index (χ0) is 11.4. The summed E-state index contributed by atoms with van der Waals surface area (Å²) in [5.41, 5.74) is 5.84. The lowest BCUT2D eigenvalue weighted by Gasteiger charge is -2.07. The molecule has 0 bridgehead atoms. The van der Waals surface area contributed by atoms with Crippen molar-refractivity contribution in [1.82, 2.24) is 0 Å². The van der Waals surface area contributed by atoms with Crippen molar-refractivity contribution in [2.75, 3.05) is 18.6 Å². The summed E-state index contributed by atoms with van der Waals surface area (Å²) in [5, 5.41) is 0. The van der Waals surface area contributed by atoms with Crippen LogP contribution in [-0.2, 0) is 4.74 Å². The van der Waals surface area contributed by atoms with E-state index in [1.165, 1.54) is 17.8 Å². The SMILES string of the molecule is CCOC(=O)c1cc(SC)c(F)cc1N. The largest absolute Gasteiger partial charge is 0.462 e. The number of hydrogen-bond donors (Lipinski definition) is 1. The number of nitrogens with two attached hydrogens (primary N) is 1.